The molecule has 50 heavy (non-hydrogen) atoms. The molecule has 2 aromatic heterocycles. The Morgan fingerprint density at radius 3 is 2.22 bits per heavy atom. The van der Waals surface area contributed by atoms with E-state index < -0.39 is 0 Å². The number of fused-ring (bicyclic) bond motifs is 7. The van der Waals surface area contributed by atoms with Crippen molar-refractivity contribution in [2.75, 3.05) is 0 Å². The molecule has 1 N–H and O–H groups in total. The van der Waals surface area contributed by atoms with Gasteiger partial charge in [0.15, 0.2) is 5.84 Å². The second-order valence-corrected chi connectivity index (χ2v) is 13.8. The third kappa shape index (κ3) is 4.36. The smallest absolute Gasteiger partial charge is 0.160 e. The lowest BCUT2D eigenvalue weighted by Crippen LogP contribution is -2.33. The van der Waals surface area contributed by atoms with Crippen LogP contribution in [0.5, 0.6) is 0 Å². The Bertz CT molecular complexity index is 2700. The van der Waals surface area contributed by atoms with Crippen LogP contribution in [-0.4, -0.2) is 21.2 Å². The second kappa shape index (κ2) is 10.8. The lowest BCUT2D eigenvalue weighted by molar-refractivity contribution is 0.661. The minimum atomic E-state index is -0.281. The molecule has 3 heterocycles. The van der Waals surface area contributed by atoms with Crippen LogP contribution >= 0.6 is 0 Å². The zero-order chi connectivity index (χ0) is 33.4. The maximum absolute atomic E-state index is 5.10. The highest BCUT2D eigenvalue weighted by atomic mass is 15.2. The summed E-state index contributed by atoms with van der Waals surface area (Å²) in [6.45, 7) is 4.66. The Balaban J connectivity index is 1.10. The van der Waals surface area contributed by atoms with E-state index >= 15 is 0 Å². The van der Waals surface area contributed by atoms with Gasteiger partial charge in [0.1, 0.15) is 17.8 Å². The van der Waals surface area contributed by atoms with Crippen LogP contribution in [0.1, 0.15) is 47.8 Å². The summed E-state index contributed by atoms with van der Waals surface area (Å²) in [5.41, 5.74) is 10.5. The van der Waals surface area contributed by atoms with Gasteiger partial charge in [-0.25, -0.2) is 15.0 Å². The number of rotatable bonds is 4. The number of nitrogens with zero attached hydrogens (tertiary/aromatic N) is 4. The summed E-state index contributed by atoms with van der Waals surface area (Å²) in [6, 6.07) is 51.6. The molecule has 1 unspecified atom stereocenters. The molecular weight excluding hydrogens is 611 g/mol. The topological polar surface area (TPSA) is 54.6 Å². The fraction of sp³-hybridized carbons (Fsp3) is 0.0889. The first kappa shape index (κ1) is 28.7. The van der Waals surface area contributed by atoms with Crippen molar-refractivity contribution in [3.05, 3.63) is 180 Å². The van der Waals surface area contributed by atoms with Crippen LogP contribution in [0, 0.1) is 0 Å². The maximum Gasteiger partial charge on any atom is 0.160 e. The minimum Gasteiger partial charge on any atom is -0.344 e. The number of hydrogen-bond acceptors (Lipinski definition) is 4. The van der Waals surface area contributed by atoms with Gasteiger partial charge in [0.05, 0.1) is 11.0 Å². The predicted molar refractivity (Wildman–Crippen MR) is 205 cm³/mol. The van der Waals surface area contributed by atoms with Crippen molar-refractivity contribution in [3.63, 3.8) is 0 Å². The molecule has 1 aliphatic carbocycles. The van der Waals surface area contributed by atoms with Gasteiger partial charge in [-0.3, -0.25) is 4.57 Å². The Kier molecular flexibility index (Phi) is 6.21. The number of para-hydroxylation sites is 1. The van der Waals surface area contributed by atoms with Crippen LogP contribution in [0.15, 0.2) is 162 Å². The van der Waals surface area contributed by atoms with Crippen LogP contribution < -0.4 is 5.32 Å². The molecule has 1 aliphatic heterocycles. The van der Waals surface area contributed by atoms with Crippen LogP contribution in [0.25, 0.3) is 49.5 Å². The van der Waals surface area contributed by atoms with Gasteiger partial charge in [0, 0.05) is 33.5 Å². The third-order valence-corrected chi connectivity index (χ3v) is 10.5. The molecule has 0 bridgehead atoms. The van der Waals surface area contributed by atoms with Crippen molar-refractivity contribution < 1.29 is 0 Å². The average molecular weight is 644 g/mol. The lowest BCUT2D eigenvalue weighted by atomic mass is 9.82. The number of aliphatic imine (C=N–C) groups is 2. The quantitative estimate of drug-likeness (QED) is 0.208. The Morgan fingerprint density at radius 2 is 1.36 bits per heavy atom. The van der Waals surface area contributed by atoms with E-state index in [1.54, 1.807) is 0 Å². The van der Waals surface area contributed by atoms with Gasteiger partial charge in [-0.15, -0.1) is 0 Å². The Morgan fingerprint density at radius 1 is 0.600 bits per heavy atom. The summed E-state index contributed by atoms with van der Waals surface area (Å²) in [4.78, 5) is 15.3. The van der Waals surface area contributed by atoms with E-state index in [0.717, 1.165) is 39.4 Å². The number of aromatic nitrogens is 2. The summed E-state index contributed by atoms with van der Waals surface area (Å²) in [7, 11) is 0. The van der Waals surface area contributed by atoms with Gasteiger partial charge in [-0.05, 0) is 75.0 Å². The molecule has 6 aromatic carbocycles. The summed E-state index contributed by atoms with van der Waals surface area (Å²) in [5.74, 6) is 2.30. The van der Waals surface area contributed by atoms with Crippen molar-refractivity contribution >= 4 is 44.2 Å². The van der Waals surface area contributed by atoms with Crippen molar-refractivity contribution in [2.45, 2.75) is 25.4 Å². The molecule has 2 aliphatic rings. The first-order valence-corrected chi connectivity index (χ1v) is 17.1. The van der Waals surface area contributed by atoms with Crippen LogP contribution in [0.3, 0.4) is 0 Å². The highest BCUT2D eigenvalue weighted by Gasteiger charge is 2.36. The maximum atomic E-state index is 5.10. The molecule has 5 heteroatoms. The molecule has 0 saturated heterocycles. The minimum absolute atomic E-state index is 0.0953. The normalized spacial score (nSPS) is 16.2. The largest absolute Gasteiger partial charge is 0.344 e. The van der Waals surface area contributed by atoms with Gasteiger partial charge in [-0.1, -0.05) is 123 Å². The Labute approximate surface area is 290 Å². The molecule has 0 amide bonds. The molecule has 5 nitrogen and oxygen atoms in total. The Hall–Kier alpha value is -6.33. The summed E-state index contributed by atoms with van der Waals surface area (Å²) in [5, 5.41) is 8.42. The molecule has 0 saturated carbocycles. The summed E-state index contributed by atoms with van der Waals surface area (Å²) < 4.78 is 2.30. The van der Waals surface area contributed by atoms with E-state index in [9.17, 15) is 0 Å². The molecule has 10 rings (SSSR count). The van der Waals surface area contributed by atoms with E-state index in [4.69, 9.17) is 15.0 Å². The first-order chi connectivity index (χ1) is 24.5. The predicted octanol–water partition coefficient (Wildman–Crippen LogP) is 10.1. The number of benzene rings is 6. The van der Waals surface area contributed by atoms with Gasteiger partial charge < -0.3 is 5.32 Å². The number of amidine groups is 2. The van der Waals surface area contributed by atoms with Crippen LogP contribution in [0.2, 0.25) is 0 Å². The van der Waals surface area contributed by atoms with Gasteiger partial charge >= 0.3 is 0 Å². The molecular formula is C45H33N5. The number of pyridine rings is 1. The highest BCUT2D eigenvalue weighted by molar-refractivity contribution is 6.14. The van der Waals surface area contributed by atoms with Gasteiger partial charge in [0.2, 0.25) is 0 Å². The molecule has 8 aromatic rings. The van der Waals surface area contributed by atoms with Crippen molar-refractivity contribution in [1.82, 2.24) is 14.9 Å². The van der Waals surface area contributed by atoms with Gasteiger partial charge in [0.25, 0.3) is 0 Å². The van der Waals surface area contributed by atoms with Crippen molar-refractivity contribution in [1.29, 1.82) is 0 Å². The molecule has 0 spiro atoms. The molecule has 238 valence electrons. The van der Waals surface area contributed by atoms with Crippen LogP contribution in [-0.2, 0) is 5.41 Å². The number of hydrogen-bond donors (Lipinski definition) is 1. The molecule has 0 fully saturated rings. The second-order valence-electron chi connectivity index (χ2n) is 13.8. The van der Waals surface area contributed by atoms with Crippen LogP contribution in [0.4, 0.5) is 0 Å². The third-order valence-electron chi connectivity index (χ3n) is 10.5. The monoisotopic (exact) mass is 643 g/mol. The van der Waals surface area contributed by atoms with Crippen molar-refractivity contribution in [3.8, 4) is 16.9 Å². The van der Waals surface area contributed by atoms with E-state index in [1.807, 2.05) is 24.4 Å². The standard InChI is InChI=1S/C45H33N5/c1-45(2)37-18-10-8-16-33(37)35-25-36-34-17-9-11-19-39(34)50(40(36)26-38(35)45)41-23-22-32(27-46-41)44-48-42(29-13-4-3-5-14-29)47-43(49-44)31-21-20-28-12-6-7-15-30(28)24-31/h3-27,42H,1-2H3,(H,47,48,49). The van der Waals surface area contributed by atoms with E-state index in [0.29, 0.717) is 5.84 Å². The fourth-order valence-electron chi connectivity index (χ4n) is 7.93. The van der Waals surface area contributed by atoms with E-state index in [-0.39, 0.29) is 11.6 Å². The first-order valence-electron chi connectivity index (χ1n) is 17.1. The summed E-state index contributed by atoms with van der Waals surface area (Å²) >= 11 is 0. The number of nitrogens with one attached hydrogen (secondary N) is 1. The molecule has 1 atom stereocenters. The van der Waals surface area contributed by atoms with E-state index in [1.165, 1.54) is 43.8 Å². The van der Waals surface area contributed by atoms with Crippen molar-refractivity contribution in [2.24, 2.45) is 9.98 Å². The fourth-order valence-corrected chi connectivity index (χ4v) is 7.93. The zero-order valence-electron chi connectivity index (χ0n) is 27.8. The van der Waals surface area contributed by atoms with Gasteiger partial charge in [-0.2, -0.15) is 0 Å². The molecule has 0 radical (unpaired) electrons. The lowest BCUT2D eigenvalue weighted by Gasteiger charge is -2.24. The highest BCUT2D eigenvalue weighted by Crippen LogP contribution is 2.50. The average Bonchev–Trinajstić information content (AvgIpc) is 3.62. The zero-order valence-corrected chi connectivity index (χ0v) is 27.8. The van der Waals surface area contributed by atoms with E-state index in [2.05, 4.69) is 151 Å². The summed E-state index contributed by atoms with van der Waals surface area (Å²) in [6.07, 6.45) is 1.63. The SMILES string of the molecule is CC1(C)c2ccccc2-c2cc3c4ccccc4n(-c4ccc(C5=NC(c6ccccc6)NC(c6ccc7ccccc7c6)=N5)cn4)c3cc21.